The highest BCUT2D eigenvalue weighted by molar-refractivity contribution is 6.31. The van der Waals surface area contributed by atoms with Crippen molar-refractivity contribution in [3.05, 3.63) is 75.9 Å². The third kappa shape index (κ3) is 5.59. The number of carbonyl (C=O) groups is 1. The number of methoxy groups -OCH3 is 1. The first-order valence-electron chi connectivity index (χ1n) is 12.8. The molecule has 9 nitrogen and oxygen atoms in total. The van der Waals surface area contributed by atoms with Crippen molar-refractivity contribution in [3.8, 4) is 40.2 Å². The van der Waals surface area contributed by atoms with E-state index in [1.165, 1.54) is 0 Å². The summed E-state index contributed by atoms with van der Waals surface area (Å²) in [7, 11) is 3.77. The van der Waals surface area contributed by atoms with E-state index in [9.17, 15) is 4.79 Å². The number of aromatic nitrogens is 3. The summed E-state index contributed by atoms with van der Waals surface area (Å²) in [5, 5.41) is 0.539. The summed E-state index contributed by atoms with van der Waals surface area (Å²) < 4.78 is 5.68. The minimum atomic E-state index is -0.586. The van der Waals surface area contributed by atoms with Crippen molar-refractivity contribution in [1.82, 2.24) is 19.9 Å². The zero-order valence-corrected chi connectivity index (χ0v) is 23.3. The number of likely N-dealkylation sites (N-methyl/N-ethyl adjacent to an activating group) is 1. The maximum atomic E-state index is 12.4. The number of nitrogens with two attached hydrogens (primary N) is 2. The number of piperazine rings is 1. The number of aryl methyl sites for hydroxylation is 1. The maximum Gasteiger partial charge on any atom is 0.250 e. The third-order valence-electron chi connectivity index (χ3n) is 7.00. The van der Waals surface area contributed by atoms with E-state index in [-0.39, 0.29) is 5.95 Å². The van der Waals surface area contributed by atoms with E-state index in [2.05, 4.69) is 49.7 Å². The van der Waals surface area contributed by atoms with Gasteiger partial charge in [0.05, 0.1) is 35.2 Å². The van der Waals surface area contributed by atoms with Gasteiger partial charge in [-0.25, -0.2) is 9.97 Å². The Bertz CT molecular complexity index is 1650. The van der Waals surface area contributed by atoms with Crippen LogP contribution >= 0.6 is 11.6 Å². The Hall–Kier alpha value is -4.52. The first-order chi connectivity index (χ1) is 19.2. The Labute approximate surface area is 238 Å². The number of benzene rings is 2. The maximum absolute atomic E-state index is 12.4. The molecule has 0 aliphatic carbocycles. The number of anilines is 2. The fourth-order valence-electron chi connectivity index (χ4n) is 4.72. The highest BCUT2D eigenvalue weighted by Crippen LogP contribution is 2.33. The lowest BCUT2D eigenvalue weighted by atomic mass is 10.0. The Kier molecular flexibility index (Phi) is 7.65. The van der Waals surface area contributed by atoms with Gasteiger partial charge < -0.3 is 31.0 Å². The van der Waals surface area contributed by atoms with Gasteiger partial charge in [0.1, 0.15) is 11.4 Å². The predicted molar refractivity (Wildman–Crippen MR) is 159 cm³/mol. The van der Waals surface area contributed by atoms with Crippen molar-refractivity contribution in [2.24, 2.45) is 5.73 Å². The van der Waals surface area contributed by atoms with Gasteiger partial charge in [0.15, 0.2) is 0 Å². The minimum absolute atomic E-state index is 0.0744. The van der Waals surface area contributed by atoms with Crippen LogP contribution in [-0.2, 0) is 0 Å². The van der Waals surface area contributed by atoms with E-state index in [0.29, 0.717) is 39.0 Å². The molecule has 1 fully saturated rings. The molecule has 4 aromatic rings. The molecule has 3 heterocycles. The second kappa shape index (κ2) is 11.3. The van der Waals surface area contributed by atoms with Gasteiger partial charge in [-0.1, -0.05) is 29.5 Å². The van der Waals surface area contributed by atoms with Crippen molar-refractivity contribution in [2.75, 3.05) is 51.0 Å². The molecule has 2 aromatic carbocycles. The van der Waals surface area contributed by atoms with E-state index in [4.69, 9.17) is 27.8 Å². The number of hydrogen-bond acceptors (Lipinski definition) is 7. The summed E-state index contributed by atoms with van der Waals surface area (Å²) in [5.41, 5.74) is 17.5. The zero-order chi connectivity index (χ0) is 28.4. The Balaban J connectivity index is 1.53. The van der Waals surface area contributed by atoms with Crippen LogP contribution in [0, 0.1) is 18.8 Å². The van der Waals surface area contributed by atoms with E-state index in [0.717, 1.165) is 48.6 Å². The van der Waals surface area contributed by atoms with Crippen LogP contribution in [0.4, 0.5) is 11.6 Å². The van der Waals surface area contributed by atoms with Crippen LogP contribution in [-0.4, -0.2) is 66.1 Å². The lowest BCUT2D eigenvalue weighted by molar-refractivity contribution is 0.100. The highest BCUT2D eigenvalue weighted by Gasteiger charge is 2.20. The number of ether oxygens (including phenoxy) is 1. The number of primary amides is 1. The quantitative estimate of drug-likeness (QED) is 0.318. The number of H-pyrrole nitrogens is 1. The summed E-state index contributed by atoms with van der Waals surface area (Å²) in [6.45, 7) is 5.87. The minimum Gasteiger partial charge on any atom is -0.495 e. The van der Waals surface area contributed by atoms with Crippen LogP contribution in [0.25, 0.3) is 22.6 Å². The molecule has 0 saturated carbocycles. The fraction of sp³-hybridized carbons (Fsp3) is 0.233. The molecule has 1 saturated heterocycles. The van der Waals surface area contributed by atoms with Gasteiger partial charge in [0.2, 0.25) is 5.95 Å². The summed E-state index contributed by atoms with van der Waals surface area (Å²) in [6.07, 6.45) is 1.56. The summed E-state index contributed by atoms with van der Waals surface area (Å²) in [5.74, 6) is 6.52. The number of hydrogen-bond donors (Lipinski definition) is 3. The molecule has 0 atom stereocenters. The van der Waals surface area contributed by atoms with Gasteiger partial charge in [0.25, 0.3) is 5.91 Å². The van der Waals surface area contributed by atoms with Gasteiger partial charge >= 0.3 is 0 Å². The molecular formula is C30H30ClN7O2. The van der Waals surface area contributed by atoms with Crippen molar-refractivity contribution in [2.45, 2.75) is 6.92 Å². The Morgan fingerprint density at radius 3 is 2.55 bits per heavy atom. The predicted octanol–water partition coefficient (Wildman–Crippen LogP) is 3.94. The van der Waals surface area contributed by atoms with Crippen LogP contribution in [0.5, 0.6) is 5.75 Å². The van der Waals surface area contributed by atoms with Gasteiger partial charge in [-0.3, -0.25) is 4.79 Å². The molecule has 2 aromatic heterocycles. The number of nitrogens with one attached hydrogen (secondary N) is 1. The second-order valence-electron chi connectivity index (χ2n) is 9.71. The van der Waals surface area contributed by atoms with Crippen LogP contribution in [0.3, 0.4) is 0 Å². The Morgan fingerprint density at radius 1 is 1.07 bits per heavy atom. The molecule has 0 unspecified atom stereocenters. The molecule has 1 amide bonds. The molecule has 40 heavy (non-hydrogen) atoms. The van der Waals surface area contributed by atoms with Crippen LogP contribution in [0.1, 0.15) is 27.0 Å². The summed E-state index contributed by atoms with van der Waals surface area (Å²) in [4.78, 5) is 28.9. The molecular weight excluding hydrogens is 526 g/mol. The standard InChI is InChI=1S/C30H30ClN7O2/c1-18-4-8-21(31)14-23(18)28-24(29(32)39)16-25(35-28)27-20(17-34-30(33)36-27)6-5-19-7-9-22(15-26(19)40-3)38-12-10-37(2)11-13-38/h4,7-9,14-17,35H,10-13H2,1-3H3,(H2,32,39)(H2,33,34,36). The van der Waals surface area contributed by atoms with Gasteiger partial charge in [-0.15, -0.1) is 0 Å². The molecule has 0 radical (unpaired) electrons. The van der Waals surface area contributed by atoms with Crippen molar-refractivity contribution in [3.63, 3.8) is 0 Å². The van der Waals surface area contributed by atoms with E-state index >= 15 is 0 Å². The van der Waals surface area contributed by atoms with Crippen LogP contribution in [0.2, 0.25) is 5.02 Å². The molecule has 0 bridgehead atoms. The second-order valence-corrected chi connectivity index (χ2v) is 10.1. The summed E-state index contributed by atoms with van der Waals surface area (Å²) >= 11 is 6.25. The summed E-state index contributed by atoms with van der Waals surface area (Å²) in [6, 6.07) is 13.1. The molecule has 5 N–H and O–H groups in total. The largest absolute Gasteiger partial charge is 0.495 e. The van der Waals surface area contributed by atoms with Crippen LogP contribution in [0.15, 0.2) is 48.7 Å². The molecule has 1 aliphatic rings. The van der Waals surface area contributed by atoms with Gasteiger partial charge in [0, 0.05) is 54.7 Å². The number of amides is 1. The number of halogens is 1. The lowest BCUT2D eigenvalue weighted by Gasteiger charge is -2.34. The van der Waals surface area contributed by atoms with Crippen molar-refractivity contribution >= 4 is 29.1 Å². The molecule has 1 aliphatic heterocycles. The average Bonchev–Trinajstić information content (AvgIpc) is 3.39. The van der Waals surface area contributed by atoms with E-state index in [1.807, 2.05) is 25.1 Å². The van der Waals surface area contributed by atoms with Crippen molar-refractivity contribution < 1.29 is 9.53 Å². The number of rotatable bonds is 5. The highest BCUT2D eigenvalue weighted by atomic mass is 35.5. The number of nitrogen functional groups attached to an aromatic ring is 1. The molecule has 0 spiro atoms. The molecule has 5 rings (SSSR count). The average molecular weight is 556 g/mol. The number of nitrogens with zero attached hydrogens (tertiary/aromatic N) is 4. The third-order valence-corrected chi connectivity index (χ3v) is 7.24. The number of aromatic amines is 1. The zero-order valence-electron chi connectivity index (χ0n) is 22.6. The first-order valence-corrected chi connectivity index (χ1v) is 13.2. The normalized spacial score (nSPS) is 13.6. The smallest absolute Gasteiger partial charge is 0.250 e. The van der Waals surface area contributed by atoms with E-state index in [1.54, 1.807) is 31.5 Å². The number of carbonyl (C=O) groups excluding carboxylic acids is 1. The SMILES string of the molecule is COc1cc(N2CCN(C)CC2)ccc1C#Cc1cnc(N)nc1-c1cc(C(N)=O)c(-c2cc(Cl)ccc2C)[nH]1. The monoisotopic (exact) mass is 555 g/mol. The topological polar surface area (TPSA) is 126 Å². The lowest BCUT2D eigenvalue weighted by Crippen LogP contribution is -2.44. The molecule has 10 heteroatoms. The first kappa shape index (κ1) is 27.1. The van der Waals surface area contributed by atoms with Crippen LogP contribution < -0.4 is 21.1 Å². The van der Waals surface area contributed by atoms with Gasteiger partial charge in [-0.2, -0.15) is 0 Å². The molecule has 204 valence electrons. The van der Waals surface area contributed by atoms with E-state index < -0.39 is 5.91 Å². The van der Waals surface area contributed by atoms with Crippen molar-refractivity contribution in [1.29, 1.82) is 0 Å². The van der Waals surface area contributed by atoms with Gasteiger partial charge in [-0.05, 0) is 49.9 Å². The fourth-order valence-corrected chi connectivity index (χ4v) is 4.90. The Morgan fingerprint density at radius 2 is 1.82 bits per heavy atom.